The highest BCUT2D eigenvalue weighted by atomic mass is 31.2. The molecule has 18 atom stereocenters. The van der Waals surface area contributed by atoms with Crippen LogP contribution >= 0.6 is 7.82 Å². The Kier molecular flexibility index (Phi) is 48.7. The second-order valence-electron chi connectivity index (χ2n) is 25.7. The highest BCUT2D eigenvalue weighted by Gasteiger charge is 2.53. The summed E-state index contributed by atoms with van der Waals surface area (Å²) in [6, 6.07) is 0. The number of ether oxygens (including phenoxy) is 8. The van der Waals surface area contributed by atoms with Crippen molar-refractivity contribution in [2.75, 3.05) is 66.4 Å². The second-order valence-corrected chi connectivity index (χ2v) is 27.5. The zero-order chi connectivity index (χ0) is 71.9. The Morgan fingerprint density at radius 2 is 0.939 bits per heavy atom. The van der Waals surface area contributed by atoms with E-state index in [1.54, 1.807) is 0 Å². The molecule has 0 bridgehead atoms. The fourth-order valence-electron chi connectivity index (χ4n) is 11.5. The van der Waals surface area contributed by atoms with Crippen molar-refractivity contribution >= 4 is 31.6 Å². The molecule has 3 rings (SSSR count). The molecule has 572 valence electrons. The number of esters is 2. The predicted molar refractivity (Wildman–Crippen MR) is 360 cm³/mol. The molecule has 0 aliphatic carbocycles. The van der Waals surface area contributed by atoms with Crippen molar-refractivity contribution in [3.8, 4) is 0 Å². The number of nitrogens with one attached hydrogen (secondary N) is 2. The van der Waals surface area contributed by atoms with Crippen molar-refractivity contribution in [1.82, 2.24) is 10.6 Å². The average molecular weight is 1430 g/mol. The highest BCUT2D eigenvalue weighted by molar-refractivity contribution is 7.48. The maximum absolute atomic E-state index is 13.6. The van der Waals surface area contributed by atoms with Crippen LogP contribution in [0.2, 0.25) is 0 Å². The molecule has 2 amide bonds. The Hall–Kier alpha value is -3.17. The summed E-state index contributed by atoms with van der Waals surface area (Å²) in [5.41, 5.74) is 0. The van der Waals surface area contributed by atoms with Crippen molar-refractivity contribution in [2.45, 2.75) is 318 Å². The van der Waals surface area contributed by atoms with E-state index in [2.05, 4.69) is 49.6 Å². The zero-order valence-corrected chi connectivity index (χ0v) is 59.8. The first-order valence-corrected chi connectivity index (χ1v) is 37.9. The van der Waals surface area contributed by atoms with Crippen molar-refractivity contribution in [3.05, 3.63) is 24.3 Å². The molecule has 8 unspecified atom stereocenters. The maximum atomic E-state index is 13.6. The molecule has 3 fully saturated rings. The Labute approximate surface area is 581 Å². The van der Waals surface area contributed by atoms with E-state index < -0.39 is 150 Å². The highest BCUT2D eigenvalue weighted by Crippen LogP contribution is 2.48. The number of aliphatic hydroxyl groups excluding tert-OH is 10. The van der Waals surface area contributed by atoms with Crippen LogP contribution in [0.15, 0.2) is 24.3 Å². The first-order valence-electron chi connectivity index (χ1n) is 36.5. The van der Waals surface area contributed by atoms with Crippen LogP contribution in [-0.2, 0) is 75.2 Å². The summed E-state index contributed by atoms with van der Waals surface area (Å²) in [6.07, 6.45) is 9.95. The molecule has 0 aromatic rings. The number of phosphoric ester groups is 1. The molecule has 28 nitrogen and oxygen atoms in total. The number of unbranched alkanes of at least 4 members (excludes halogenated alkanes) is 21. The molecule has 0 radical (unpaired) electrons. The van der Waals surface area contributed by atoms with Gasteiger partial charge < -0.3 is 99.6 Å². The maximum Gasteiger partial charge on any atom is 0.474 e. The van der Waals surface area contributed by atoms with Gasteiger partial charge >= 0.3 is 19.8 Å². The van der Waals surface area contributed by atoms with Gasteiger partial charge in [0.25, 0.3) is 0 Å². The minimum Gasteiger partial charge on any atom is -0.461 e. The normalized spacial score (nSPS) is 27.2. The average Bonchev–Trinajstić information content (AvgIpc) is 0.783. The number of allylic oxidation sites excluding steroid dienone is 3. The van der Waals surface area contributed by atoms with E-state index in [4.69, 9.17) is 51.5 Å². The SMILES string of the molecule is CCCCCCCC/C=C\C(CCCCCC)C(=O)OC[C@H](COP(=O)(OC)OCCNC(=O)CCCCC(=O)NCCCO[C@@H]1OC(CO)[C@@H](O[C@@H]2OC(CO)[C@H](O[C@H]3OC(CO)[C@H](O)[C@H](O)C3O)[C@H](O)C2O)[C@H](O)C1O)OC(=O)CCCCCCC/C=C/CCCCCCCC. The molecule has 98 heavy (non-hydrogen) atoms. The lowest BCUT2D eigenvalue weighted by Gasteiger charge is -2.48. The van der Waals surface area contributed by atoms with E-state index in [-0.39, 0.29) is 70.4 Å². The number of hydrogen-bond acceptors (Lipinski definition) is 26. The van der Waals surface area contributed by atoms with Crippen LogP contribution in [0.1, 0.15) is 220 Å². The summed E-state index contributed by atoms with van der Waals surface area (Å²) in [5.74, 6) is -2.10. The molecule has 0 saturated carbocycles. The number of hydrogen-bond donors (Lipinski definition) is 12. The van der Waals surface area contributed by atoms with Gasteiger partial charge in [-0.05, 0) is 70.6 Å². The number of aliphatic hydroxyl groups is 10. The molecule has 3 aliphatic rings. The van der Waals surface area contributed by atoms with Gasteiger partial charge in [0.05, 0.1) is 45.6 Å². The summed E-state index contributed by atoms with van der Waals surface area (Å²) in [7, 11) is -3.13. The van der Waals surface area contributed by atoms with Gasteiger partial charge in [0.15, 0.2) is 25.0 Å². The molecule has 0 aromatic heterocycles. The van der Waals surface area contributed by atoms with Gasteiger partial charge in [0.2, 0.25) is 11.8 Å². The zero-order valence-electron chi connectivity index (χ0n) is 58.9. The molecule has 3 heterocycles. The lowest BCUT2D eigenvalue weighted by atomic mass is 9.96. The fourth-order valence-corrected chi connectivity index (χ4v) is 12.4. The number of rotatable bonds is 57. The fraction of sp³-hybridized carbons (Fsp3) is 0.884. The minimum atomic E-state index is -4.26. The number of carbonyl (C=O) groups is 4. The topological polar surface area (TPSA) is 413 Å². The van der Waals surface area contributed by atoms with E-state index >= 15 is 0 Å². The second kappa shape index (κ2) is 53.6. The van der Waals surface area contributed by atoms with E-state index in [1.165, 1.54) is 64.2 Å². The summed E-state index contributed by atoms with van der Waals surface area (Å²) < 4.78 is 74.9. The Morgan fingerprint density at radius 1 is 0.480 bits per heavy atom. The monoisotopic (exact) mass is 1430 g/mol. The van der Waals surface area contributed by atoms with Crippen LogP contribution in [0.4, 0.5) is 0 Å². The Bertz CT molecular complexity index is 2200. The third-order valence-electron chi connectivity index (χ3n) is 17.5. The number of carbonyl (C=O) groups excluding carboxylic acids is 4. The van der Waals surface area contributed by atoms with Gasteiger partial charge in [-0.1, -0.05) is 154 Å². The standard InChI is InChI=1S/C69H125N2O26P/c1-5-8-11-14-16-18-19-20-21-22-23-24-26-28-31-39-56(77)92-50(47-89-66(85)49(35-29-13-10-7-3)36-30-27-25-17-15-12-9-6-2)48-91-98(86,87-4)90-43-41-71-55(76)38-33-32-37-54(75)70-40-34-42-88-67-62(83)59(80)64(52(45-73)94-67)97-69-63(84)60(81)65(53(46-74)95-69)96-68-61(82)58(79)57(78)51(44-72)93-68/h20-21,30,36,49-53,57-65,67-69,72-74,78-84H,5-19,22-29,31-35,37-48H2,1-4H3,(H,70,75)(H,71,76)/b21-20+,36-30-/t49?,50-,51?,52?,53?,57+,58+,59-,60-,61?,62?,63?,64-,65+,67-,68-,69+,98?/m1/s1. The quantitative estimate of drug-likeness (QED) is 0.0148. The molecule has 0 spiro atoms. The van der Waals surface area contributed by atoms with Crippen LogP contribution in [0.25, 0.3) is 0 Å². The van der Waals surface area contributed by atoms with E-state index in [0.29, 0.717) is 25.7 Å². The van der Waals surface area contributed by atoms with Gasteiger partial charge in [-0.2, -0.15) is 0 Å². The lowest BCUT2D eigenvalue weighted by Crippen LogP contribution is -2.66. The summed E-state index contributed by atoms with van der Waals surface area (Å²) in [4.78, 5) is 52.2. The van der Waals surface area contributed by atoms with E-state index in [1.807, 2.05) is 6.08 Å². The van der Waals surface area contributed by atoms with Crippen molar-refractivity contribution in [3.63, 3.8) is 0 Å². The van der Waals surface area contributed by atoms with E-state index in [9.17, 15) is 74.8 Å². The number of amides is 2. The van der Waals surface area contributed by atoms with Crippen LogP contribution < -0.4 is 10.6 Å². The molecular weight excluding hydrogens is 1300 g/mol. The third-order valence-corrected chi connectivity index (χ3v) is 18.9. The molecule has 3 aliphatic heterocycles. The Balaban J connectivity index is 1.40. The van der Waals surface area contributed by atoms with Gasteiger partial charge in [0.1, 0.15) is 79.9 Å². The van der Waals surface area contributed by atoms with Gasteiger partial charge in [0, 0.05) is 39.5 Å². The smallest absolute Gasteiger partial charge is 0.461 e. The molecule has 0 aromatic carbocycles. The van der Waals surface area contributed by atoms with E-state index in [0.717, 1.165) is 90.6 Å². The van der Waals surface area contributed by atoms with Crippen molar-refractivity contribution in [2.24, 2.45) is 5.92 Å². The summed E-state index contributed by atoms with van der Waals surface area (Å²) in [5, 5.41) is 110. The number of phosphoric acid groups is 1. The van der Waals surface area contributed by atoms with Crippen molar-refractivity contribution in [1.29, 1.82) is 0 Å². The molecular formula is C69H125N2O26P. The van der Waals surface area contributed by atoms with Gasteiger partial charge in [-0.3, -0.25) is 32.7 Å². The molecule has 29 heteroatoms. The Morgan fingerprint density at radius 3 is 1.48 bits per heavy atom. The molecule has 12 N–H and O–H groups in total. The largest absolute Gasteiger partial charge is 0.474 e. The van der Waals surface area contributed by atoms with Crippen LogP contribution in [-0.4, -0.2) is 239 Å². The lowest BCUT2D eigenvalue weighted by molar-refractivity contribution is -0.379. The van der Waals surface area contributed by atoms with Gasteiger partial charge in [-0.15, -0.1) is 0 Å². The third kappa shape index (κ3) is 35.3. The summed E-state index contributed by atoms with van der Waals surface area (Å²) in [6.45, 7) is 2.99. The molecule has 3 saturated heterocycles. The van der Waals surface area contributed by atoms with Gasteiger partial charge in [-0.25, -0.2) is 4.57 Å². The predicted octanol–water partition coefficient (Wildman–Crippen LogP) is 5.81. The first-order chi connectivity index (χ1) is 47.3. The van der Waals surface area contributed by atoms with Crippen LogP contribution in [0, 0.1) is 5.92 Å². The minimum absolute atomic E-state index is 0.0660. The van der Waals surface area contributed by atoms with Crippen LogP contribution in [0.3, 0.4) is 0 Å². The van der Waals surface area contributed by atoms with Crippen LogP contribution in [0.5, 0.6) is 0 Å². The summed E-state index contributed by atoms with van der Waals surface area (Å²) >= 11 is 0. The van der Waals surface area contributed by atoms with Crippen molar-refractivity contribution < 1.29 is 126 Å². The first kappa shape index (κ1) is 89.0.